The van der Waals surface area contributed by atoms with E-state index >= 15 is 0 Å². The Morgan fingerprint density at radius 2 is 1.90 bits per heavy atom. The highest BCUT2D eigenvalue weighted by molar-refractivity contribution is 9.10. The first kappa shape index (κ1) is 14.6. The van der Waals surface area contributed by atoms with E-state index in [4.69, 9.17) is 5.73 Å². The molecule has 21 heavy (non-hydrogen) atoms. The van der Waals surface area contributed by atoms with Gasteiger partial charge in [0.05, 0.1) is 0 Å². The van der Waals surface area contributed by atoms with Gasteiger partial charge in [-0.1, -0.05) is 52.3 Å². The van der Waals surface area contributed by atoms with E-state index in [1.165, 1.54) is 16.8 Å². The average molecular weight is 345 g/mol. The lowest BCUT2D eigenvalue weighted by atomic mass is 10.0. The van der Waals surface area contributed by atoms with Crippen molar-refractivity contribution in [1.29, 1.82) is 0 Å². The molecule has 2 atom stereocenters. The first-order valence-electron chi connectivity index (χ1n) is 7.51. The molecule has 0 saturated heterocycles. The minimum absolute atomic E-state index is 0.0699. The number of benzene rings is 2. The highest BCUT2D eigenvalue weighted by atomic mass is 79.9. The second kappa shape index (κ2) is 6.20. The number of nitrogens with zero attached hydrogens (tertiary/aromatic N) is 1. The van der Waals surface area contributed by atoms with E-state index in [0.29, 0.717) is 6.04 Å². The maximum absolute atomic E-state index is 6.38. The minimum Gasteiger partial charge on any atom is -0.368 e. The molecule has 3 rings (SSSR count). The SMILES string of the molecule is CC1Cc2ccccc2N1CCC(N)c1ccccc1Br. The van der Waals surface area contributed by atoms with Gasteiger partial charge in [-0.3, -0.25) is 0 Å². The molecule has 1 aliphatic rings. The standard InChI is InChI=1S/C18H21BrN2/c1-13-12-14-6-2-5-9-18(14)21(13)11-10-17(20)15-7-3-4-8-16(15)19/h2-9,13,17H,10-12,20H2,1H3. The average Bonchev–Trinajstić information content (AvgIpc) is 2.81. The summed E-state index contributed by atoms with van der Waals surface area (Å²) >= 11 is 3.59. The number of anilines is 1. The van der Waals surface area contributed by atoms with Gasteiger partial charge in [0, 0.05) is 28.8 Å². The molecule has 0 aromatic heterocycles. The number of para-hydroxylation sites is 1. The van der Waals surface area contributed by atoms with E-state index in [1.807, 2.05) is 12.1 Å². The van der Waals surface area contributed by atoms with Crippen molar-refractivity contribution in [2.45, 2.75) is 31.8 Å². The molecule has 110 valence electrons. The molecule has 2 unspecified atom stereocenters. The molecule has 3 heteroatoms. The van der Waals surface area contributed by atoms with Gasteiger partial charge in [-0.05, 0) is 43.0 Å². The Hall–Kier alpha value is -1.32. The topological polar surface area (TPSA) is 29.3 Å². The lowest BCUT2D eigenvalue weighted by molar-refractivity contribution is 0.590. The minimum atomic E-state index is 0.0699. The monoisotopic (exact) mass is 344 g/mol. The van der Waals surface area contributed by atoms with Gasteiger partial charge < -0.3 is 10.6 Å². The van der Waals surface area contributed by atoms with Gasteiger partial charge in [0.25, 0.3) is 0 Å². The maximum atomic E-state index is 6.38. The zero-order chi connectivity index (χ0) is 14.8. The second-order valence-corrected chi connectivity index (χ2v) is 6.65. The smallest absolute Gasteiger partial charge is 0.0402 e. The molecule has 0 radical (unpaired) electrons. The van der Waals surface area contributed by atoms with Crippen molar-refractivity contribution in [3.8, 4) is 0 Å². The third kappa shape index (κ3) is 2.99. The van der Waals surface area contributed by atoms with Gasteiger partial charge in [0.15, 0.2) is 0 Å². The van der Waals surface area contributed by atoms with Crippen LogP contribution in [0.5, 0.6) is 0 Å². The molecule has 0 spiro atoms. The number of rotatable bonds is 4. The lowest BCUT2D eigenvalue weighted by Gasteiger charge is -2.26. The Labute approximate surface area is 135 Å². The molecule has 0 saturated carbocycles. The van der Waals surface area contributed by atoms with Crippen LogP contribution in [0.4, 0.5) is 5.69 Å². The fourth-order valence-corrected chi connectivity index (χ4v) is 3.76. The second-order valence-electron chi connectivity index (χ2n) is 5.79. The van der Waals surface area contributed by atoms with Crippen molar-refractivity contribution in [3.63, 3.8) is 0 Å². The highest BCUT2D eigenvalue weighted by Crippen LogP contribution is 2.33. The normalized spacial score (nSPS) is 18.6. The summed E-state index contributed by atoms with van der Waals surface area (Å²) in [5.41, 5.74) is 10.4. The molecule has 1 heterocycles. The fourth-order valence-electron chi connectivity index (χ4n) is 3.18. The van der Waals surface area contributed by atoms with E-state index in [9.17, 15) is 0 Å². The number of hydrogen-bond donors (Lipinski definition) is 1. The summed E-state index contributed by atoms with van der Waals surface area (Å²) in [4.78, 5) is 2.49. The van der Waals surface area contributed by atoms with Crippen LogP contribution in [0, 0.1) is 0 Å². The Morgan fingerprint density at radius 1 is 1.19 bits per heavy atom. The molecule has 1 aliphatic heterocycles. The zero-order valence-corrected chi connectivity index (χ0v) is 13.9. The van der Waals surface area contributed by atoms with Crippen LogP contribution in [0.2, 0.25) is 0 Å². The van der Waals surface area contributed by atoms with Crippen molar-refractivity contribution in [1.82, 2.24) is 0 Å². The predicted octanol–water partition coefficient (Wildman–Crippen LogP) is 4.29. The molecule has 2 nitrogen and oxygen atoms in total. The Kier molecular flexibility index (Phi) is 4.32. The highest BCUT2D eigenvalue weighted by Gasteiger charge is 2.25. The first-order chi connectivity index (χ1) is 10.2. The van der Waals surface area contributed by atoms with E-state index in [2.05, 4.69) is 64.2 Å². The lowest BCUT2D eigenvalue weighted by Crippen LogP contribution is -2.32. The molecular weight excluding hydrogens is 324 g/mol. The van der Waals surface area contributed by atoms with Crippen molar-refractivity contribution >= 4 is 21.6 Å². The van der Waals surface area contributed by atoms with Crippen LogP contribution in [0.25, 0.3) is 0 Å². The first-order valence-corrected chi connectivity index (χ1v) is 8.30. The molecule has 0 aliphatic carbocycles. The Bertz CT molecular complexity index is 626. The van der Waals surface area contributed by atoms with Crippen molar-refractivity contribution in [3.05, 3.63) is 64.1 Å². The Balaban J connectivity index is 1.69. The van der Waals surface area contributed by atoms with Gasteiger partial charge in [0.1, 0.15) is 0 Å². The largest absolute Gasteiger partial charge is 0.368 e. The maximum Gasteiger partial charge on any atom is 0.0402 e. The van der Waals surface area contributed by atoms with Crippen LogP contribution in [-0.2, 0) is 6.42 Å². The van der Waals surface area contributed by atoms with Crippen LogP contribution < -0.4 is 10.6 Å². The number of nitrogens with two attached hydrogens (primary N) is 1. The molecule has 2 aromatic rings. The van der Waals surface area contributed by atoms with Crippen LogP contribution in [-0.4, -0.2) is 12.6 Å². The summed E-state index contributed by atoms with van der Waals surface area (Å²) in [7, 11) is 0. The van der Waals surface area contributed by atoms with Crippen LogP contribution in [0.15, 0.2) is 53.0 Å². The van der Waals surface area contributed by atoms with Gasteiger partial charge in [-0.25, -0.2) is 0 Å². The summed E-state index contributed by atoms with van der Waals surface area (Å²) in [6.07, 6.45) is 2.10. The number of halogens is 1. The predicted molar refractivity (Wildman–Crippen MR) is 92.6 cm³/mol. The molecular formula is C18H21BrN2. The molecule has 0 fully saturated rings. The van der Waals surface area contributed by atoms with Crippen molar-refractivity contribution in [2.75, 3.05) is 11.4 Å². The summed E-state index contributed by atoms with van der Waals surface area (Å²) in [5.74, 6) is 0. The summed E-state index contributed by atoms with van der Waals surface area (Å²) in [5, 5.41) is 0. The van der Waals surface area contributed by atoms with Crippen LogP contribution in [0.1, 0.15) is 30.5 Å². The third-order valence-corrected chi connectivity index (χ3v) is 5.06. The summed E-state index contributed by atoms with van der Waals surface area (Å²) in [6.45, 7) is 3.30. The molecule has 0 amide bonds. The number of hydrogen-bond acceptors (Lipinski definition) is 2. The van der Waals surface area contributed by atoms with Gasteiger partial charge >= 0.3 is 0 Å². The van der Waals surface area contributed by atoms with E-state index < -0.39 is 0 Å². The molecule has 0 bridgehead atoms. The van der Waals surface area contributed by atoms with E-state index in [0.717, 1.165) is 23.9 Å². The van der Waals surface area contributed by atoms with Gasteiger partial charge in [-0.15, -0.1) is 0 Å². The van der Waals surface area contributed by atoms with Gasteiger partial charge in [-0.2, -0.15) is 0 Å². The zero-order valence-electron chi connectivity index (χ0n) is 12.3. The Morgan fingerprint density at radius 3 is 2.71 bits per heavy atom. The van der Waals surface area contributed by atoms with Crippen molar-refractivity contribution < 1.29 is 0 Å². The molecule has 2 N–H and O–H groups in total. The fraction of sp³-hybridized carbons (Fsp3) is 0.333. The van der Waals surface area contributed by atoms with E-state index in [1.54, 1.807) is 0 Å². The van der Waals surface area contributed by atoms with Crippen LogP contribution >= 0.6 is 15.9 Å². The van der Waals surface area contributed by atoms with Gasteiger partial charge in [0.2, 0.25) is 0 Å². The van der Waals surface area contributed by atoms with E-state index in [-0.39, 0.29) is 6.04 Å². The summed E-state index contributed by atoms with van der Waals surface area (Å²) in [6, 6.07) is 17.6. The van der Waals surface area contributed by atoms with Crippen LogP contribution in [0.3, 0.4) is 0 Å². The quantitative estimate of drug-likeness (QED) is 0.896. The van der Waals surface area contributed by atoms with Crippen molar-refractivity contribution in [2.24, 2.45) is 5.73 Å². The molecule has 2 aromatic carbocycles. The summed E-state index contributed by atoms with van der Waals surface area (Å²) < 4.78 is 1.10. The number of fused-ring (bicyclic) bond motifs is 1. The third-order valence-electron chi connectivity index (χ3n) is 4.33.